The zero-order valence-corrected chi connectivity index (χ0v) is 23.5. The summed E-state index contributed by atoms with van der Waals surface area (Å²) in [6, 6.07) is 22.6. The third kappa shape index (κ3) is 5.11. The number of ether oxygens (including phenoxy) is 1. The van der Waals surface area contributed by atoms with Gasteiger partial charge < -0.3 is 19.8 Å². The third-order valence-corrected chi connectivity index (χ3v) is 7.43. The summed E-state index contributed by atoms with van der Waals surface area (Å²) in [7, 11) is 1.55. The monoisotopic (exact) mass is 563 g/mol. The van der Waals surface area contributed by atoms with E-state index < -0.39 is 5.54 Å². The van der Waals surface area contributed by atoms with Gasteiger partial charge in [0.25, 0.3) is 11.8 Å². The van der Waals surface area contributed by atoms with E-state index in [1.54, 1.807) is 37.5 Å². The number of rotatable bonds is 8. The van der Waals surface area contributed by atoms with Gasteiger partial charge in [0.05, 0.1) is 28.5 Å². The van der Waals surface area contributed by atoms with E-state index in [0.717, 1.165) is 29.7 Å². The van der Waals surface area contributed by atoms with E-state index in [0.29, 0.717) is 39.2 Å². The van der Waals surface area contributed by atoms with Crippen molar-refractivity contribution >= 4 is 22.8 Å². The van der Waals surface area contributed by atoms with E-state index in [1.165, 1.54) is 12.1 Å². The van der Waals surface area contributed by atoms with E-state index in [-0.39, 0.29) is 23.7 Å². The molecule has 3 aromatic carbocycles. The number of hydrogen-bond donors (Lipinski definition) is 2. The normalized spacial score (nSPS) is 13.6. The highest BCUT2D eigenvalue weighted by Gasteiger charge is 2.47. The molecule has 6 rings (SSSR count). The molecule has 8 heteroatoms. The molecule has 0 bridgehead atoms. The third-order valence-electron chi connectivity index (χ3n) is 7.43. The Hall–Kier alpha value is -4.98. The van der Waals surface area contributed by atoms with E-state index in [9.17, 15) is 14.0 Å². The second-order valence-corrected chi connectivity index (χ2v) is 10.7. The van der Waals surface area contributed by atoms with Gasteiger partial charge in [-0.2, -0.15) is 0 Å². The molecule has 2 aromatic heterocycles. The number of benzene rings is 3. The number of furan rings is 1. The van der Waals surface area contributed by atoms with Crippen LogP contribution in [-0.4, -0.2) is 29.9 Å². The molecule has 7 nitrogen and oxygen atoms in total. The molecule has 2 N–H and O–H groups in total. The molecule has 0 radical (unpaired) electrons. The predicted octanol–water partition coefficient (Wildman–Crippen LogP) is 6.87. The SMILES string of the molecule is CNC(=O)c1c(-c2ccc(F)cc2)oc2ccc(-c3ccc(OC(C)C)c(C(=O)NC4(c5ccccn5)CC4)c3)cc12. The van der Waals surface area contributed by atoms with Crippen LogP contribution >= 0.6 is 0 Å². The minimum atomic E-state index is -0.488. The molecule has 0 aliphatic heterocycles. The molecule has 2 amide bonds. The van der Waals surface area contributed by atoms with Crippen molar-refractivity contribution < 1.29 is 23.1 Å². The zero-order chi connectivity index (χ0) is 29.4. The molecule has 0 unspecified atom stereocenters. The van der Waals surface area contributed by atoms with Crippen molar-refractivity contribution in [1.82, 2.24) is 15.6 Å². The Morgan fingerprint density at radius 1 is 0.929 bits per heavy atom. The molecule has 42 heavy (non-hydrogen) atoms. The summed E-state index contributed by atoms with van der Waals surface area (Å²) in [6.45, 7) is 3.83. The molecule has 2 heterocycles. The minimum Gasteiger partial charge on any atom is -0.490 e. The van der Waals surface area contributed by atoms with Crippen molar-refractivity contribution in [2.24, 2.45) is 0 Å². The average Bonchev–Trinajstić information content (AvgIpc) is 3.68. The number of hydrogen-bond acceptors (Lipinski definition) is 5. The minimum absolute atomic E-state index is 0.129. The van der Waals surface area contributed by atoms with Crippen LogP contribution in [0.3, 0.4) is 0 Å². The second kappa shape index (κ2) is 10.8. The molecular formula is C34H30FN3O4. The van der Waals surface area contributed by atoms with E-state index in [2.05, 4.69) is 15.6 Å². The maximum Gasteiger partial charge on any atom is 0.255 e. The predicted molar refractivity (Wildman–Crippen MR) is 159 cm³/mol. The van der Waals surface area contributed by atoms with E-state index in [1.807, 2.05) is 56.3 Å². The number of halogens is 1. The van der Waals surface area contributed by atoms with Gasteiger partial charge >= 0.3 is 0 Å². The number of nitrogens with one attached hydrogen (secondary N) is 2. The van der Waals surface area contributed by atoms with Gasteiger partial charge in [-0.1, -0.05) is 18.2 Å². The molecule has 0 saturated heterocycles. The Bertz CT molecular complexity index is 1790. The number of amides is 2. The first-order valence-corrected chi connectivity index (χ1v) is 13.9. The van der Waals surface area contributed by atoms with Gasteiger partial charge in [-0.15, -0.1) is 0 Å². The molecule has 212 valence electrons. The molecule has 1 aliphatic rings. The Morgan fingerprint density at radius 3 is 2.31 bits per heavy atom. The lowest BCUT2D eigenvalue weighted by Gasteiger charge is -2.20. The number of pyridine rings is 1. The number of fused-ring (bicyclic) bond motifs is 1. The molecule has 0 atom stereocenters. The van der Waals surface area contributed by atoms with Crippen LogP contribution in [0.15, 0.2) is 89.5 Å². The molecule has 1 saturated carbocycles. The Balaban J connectivity index is 1.41. The highest BCUT2D eigenvalue weighted by atomic mass is 19.1. The van der Waals surface area contributed by atoms with E-state index in [4.69, 9.17) is 9.15 Å². The van der Waals surface area contributed by atoms with Crippen molar-refractivity contribution in [3.63, 3.8) is 0 Å². The summed E-state index contributed by atoms with van der Waals surface area (Å²) >= 11 is 0. The fourth-order valence-corrected chi connectivity index (χ4v) is 5.18. The first kappa shape index (κ1) is 27.2. The van der Waals surface area contributed by atoms with Crippen LogP contribution in [0.5, 0.6) is 5.75 Å². The van der Waals surface area contributed by atoms with Gasteiger partial charge in [0, 0.05) is 24.2 Å². The molecule has 5 aromatic rings. The summed E-state index contributed by atoms with van der Waals surface area (Å²) < 4.78 is 25.7. The van der Waals surface area contributed by atoms with Gasteiger partial charge in [0.2, 0.25) is 0 Å². The van der Waals surface area contributed by atoms with Crippen LogP contribution in [0, 0.1) is 5.82 Å². The number of carbonyl (C=O) groups is 2. The lowest BCUT2D eigenvalue weighted by Crippen LogP contribution is -2.35. The lowest BCUT2D eigenvalue weighted by atomic mass is 9.98. The molecular weight excluding hydrogens is 533 g/mol. The van der Waals surface area contributed by atoms with Crippen LogP contribution < -0.4 is 15.4 Å². The van der Waals surface area contributed by atoms with Crippen molar-refractivity contribution in [2.45, 2.75) is 38.3 Å². The summed E-state index contributed by atoms with van der Waals surface area (Å²) in [5, 5.41) is 6.49. The summed E-state index contributed by atoms with van der Waals surface area (Å²) in [5.74, 6) is -0.112. The smallest absolute Gasteiger partial charge is 0.255 e. The second-order valence-electron chi connectivity index (χ2n) is 10.7. The first-order valence-electron chi connectivity index (χ1n) is 13.9. The number of carbonyl (C=O) groups excluding carboxylic acids is 2. The van der Waals surface area contributed by atoms with Crippen LogP contribution in [0.1, 0.15) is 53.1 Å². The average molecular weight is 564 g/mol. The molecule has 0 spiro atoms. The molecule has 1 fully saturated rings. The van der Waals surface area contributed by atoms with Gasteiger partial charge in [0.1, 0.15) is 22.9 Å². The lowest BCUT2D eigenvalue weighted by molar-refractivity contribution is 0.0922. The van der Waals surface area contributed by atoms with E-state index >= 15 is 0 Å². The van der Waals surface area contributed by atoms with Crippen LogP contribution in [0.4, 0.5) is 4.39 Å². The largest absolute Gasteiger partial charge is 0.490 e. The Morgan fingerprint density at radius 2 is 1.64 bits per heavy atom. The Labute approximate surface area is 242 Å². The fraction of sp³-hybridized carbons (Fsp3) is 0.206. The summed E-state index contributed by atoms with van der Waals surface area (Å²) in [5.41, 5.74) is 3.77. The summed E-state index contributed by atoms with van der Waals surface area (Å²) in [4.78, 5) is 31.2. The maximum absolute atomic E-state index is 13.7. The van der Waals surface area contributed by atoms with Crippen LogP contribution in [0.2, 0.25) is 0 Å². The standard InChI is InChI=1S/C34H30FN3O4/c1-20(2)41-28-14-10-23(19-26(28)32(39)38-34(15-16-34)29-6-4-5-17-37-29)22-9-13-27-25(18-22)30(33(40)36-3)31(42-27)21-7-11-24(35)12-8-21/h4-14,17-20H,15-16H2,1-3H3,(H,36,40)(H,38,39). The zero-order valence-electron chi connectivity index (χ0n) is 23.5. The van der Waals surface area contributed by atoms with Crippen LogP contribution in [-0.2, 0) is 5.54 Å². The highest BCUT2D eigenvalue weighted by molar-refractivity contribution is 6.12. The van der Waals surface area contributed by atoms with Crippen LogP contribution in [0.25, 0.3) is 33.4 Å². The summed E-state index contributed by atoms with van der Waals surface area (Å²) in [6.07, 6.45) is 3.23. The van der Waals surface area contributed by atoms with Crippen molar-refractivity contribution in [2.75, 3.05) is 7.05 Å². The topological polar surface area (TPSA) is 93.5 Å². The Kier molecular flexibility index (Phi) is 6.98. The van der Waals surface area contributed by atoms with Crippen molar-refractivity contribution in [1.29, 1.82) is 0 Å². The van der Waals surface area contributed by atoms with Gasteiger partial charge in [-0.25, -0.2) is 4.39 Å². The number of nitrogens with zero attached hydrogens (tertiary/aromatic N) is 1. The van der Waals surface area contributed by atoms with Crippen molar-refractivity contribution in [3.8, 4) is 28.2 Å². The molecule has 1 aliphatic carbocycles. The maximum atomic E-state index is 13.7. The van der Waals surface area contributed by atoms with Gasteiger partial charge in [0.15, 0.2) is 0 Å². The fourth-order valence-electron chi connectivity index (χ4n) is 5.18. The first-order chi connectivity index (χ1) is 20.3. The van der Waals surface area contributed by atoms with Crippen molar-refractivity contribution in [3.05, 3.63) is 108 Å². The number of aromatic nitrogens is 1. The quantitative estimate of drug-likeness (QED) is 0.215. The van der Waals surface area contributed by atoms with Gasteiger partial charge in [-0.3, -0.25) is 14.6 Å². The highest BCUT2D eigenvalue weighted by Crippen LogP contribution is 2.45. The van der Waals surface area contributed by atoms with Gasteiger partial charge in [-0.05, 0) is 98.5 Å².